The number of carbonyl (C=O) groups is 1. The Bertz CT molecular complexity index is 819. The number of halogens is 1. The Morgan fingerprint density at radius 1 is 1.00 bits per heavy atom. The van der Waals surface area contributed by atoms with Crippen molar-refractivity contribution in [2.75, 3.05) is 6.54 Å². The van der Waals surface area contributed by atoms with Crippen molar-refractivity contribution in [3.8, 4) is 0 Å². The van der Waals surface area contributed by atoms with Gasteiger partial charge in [-0.2, -0.15) is 0 Å². The Morgan fingerprint density at radius 3 is 2.27 bits per heavy atom. The molecule has 26 heavy (non-hydrogen) atoms. The lowest BCUT2D eigenvalue weighted by Crippen LogP contribution is -2.25. The van der Waals surface area contributed by atoms with Crippen LogP contribution in [0.4, 0.5) is 4.39 Å². The summed E-state index contributed by atoms with van der Waals surface area (Å²) in [6.45, 7) is 2.71. The molecule has 5 nitrogen and oxygen atoms in total. The summed E-state index contributed by atoms with van der Waals surface area (Å²) in [7, 11) is -3.56. The summed E-state index contributed by atoms with van der Waals surface area (Å²) >= 11 is 0. The van der Waals surface area contributed by atoms with Crippen LogP contribution in [-0.2, 0) is 16.6 Å². The smallest absolute Gasteiger partial charge is 0.251 e. The quantitative estimate of drug-likeness (QED) is 0.658. The first-order valence-electron chi connectivity index (χ1n) is 8.55. The fourth-order valence-electron chi connectivity index (χ4n) is 2.34. The van der Waals surface area contributed by atoms with Gasteiger partial charge in [0.05, 0.1) is 4.90 Å². The van der Waals surface area contributed by atoms with Gasteiger partial charge in [0, 0.05) is 18.7 Å². The fraction of sp³-hybridized carbons (Fsp3) is 0.316. The Kier molecular flexibility index (Phi) is 7.29. The molecule has 0 spiro atoms. The molecule has 0 heterocycles. The minimum atomic E-state index is -3.56. The molecule has 2 aromatic rings. The van der Waals surface area contributed by atoms with E-state index in [9.17, 15) is 17.6 Å². The number of nitrogens with one attached hydrogen (secondary N) is 2. The highest BCUT2D eigenvalue weighted by molar-refractivity contribution is 7.89. The number of unbranched alkanes of at least 4 members (excludes halogenated alkanes) is 2. The van der Waals surface area contributed by atoms with Crippen LogP contribution in [-0.4, -0.2) is 20.9 Å². The summed E-state index contributed by atoms with van der Waals surface area (Å²) in [6, 6.07) is 11.6. The van der Waals surface area contributed by atoms with Gasteiger partial charge in [-0.3, -0.25) is 4.79 Å². The Labute approximate surface area is 153 Å². The van der Waals surface area contributed by atoms with Gasteiger partial charge in [-0.25, -0.2) is 17.5 Å². The zero-order valence-corrected chi connectivity index (χ0v) is 15.5. The molecule has 0 aliphatic rings. The molecule has 140 valence electrons. The predicted octanol–water partition coefficient (Wildman–Crippen LogP) is 3.22. The summed E-state index contributed by atoms with van der Waals surface area (Å²) in [4.78, 5) is 12.3. The molecule has 0 radical (unpaired) electrons. The number of carbonyl (C=O) groups excluding carboxylic acids is 1. The molecule has 0 atom stereocenters. The molecule has 0 saturated heterocycles. The molecule has 0 fully saturated rings. The number of amides is 1. The van der Waals surface area contributed by atoms with E-state index in [1.807, 2.05) is 6.92 Å². The number of rotatable bonds is 9. The normalized spacial score (nSPS) is 11.3. The highest BCUT2D eigenvalue weighted by Crippen LogP contribution is 2.11. The van der Waals surface area contributed by atoms with Crippen molar-refractivity contribution >= 4 is 15.9 Å². The summed E-state index contributed by atoms with van der Waals surface area (Å²) in [6.07, 6.45) is 2.78. The van der Waals surface area contributed by atoms with Crippen LogP contribution < -0.4 is 10.0 Å². The molecule has 0 aliphatic carbocycles. The Morgan fingerprint density at radius 2 is 1.65 bits per heavy atom. The molecular formula is C19H23FN2O3S. The van der Waals surface area contributed by atoms with Gasteiger partial charge in [0.15, 0.2) is 0 Å². The highest BCUT2D eigenvalue weighted by atomic mass is 32.2. The van der Waals surface area contributed by atoms with Crippen LogP contribution in [0.15, 0.2) is 53.4 Å². The van der Waals surface area contributed by atoms with Crippen LogP contribution in [0, 0.1) is 5.82 Å². The molecule has 0 unspecified atom stereocenters. The van der Waals surface area contributed by atoms with Crippen molar-refractivity contribution in [3.63, 3.8) is 0 Å². The van der Waals surface area contributed by atoms with Crippen LogP contribution in [0.3, 0.4) is 0 Å². The minimum absolute atomic E-state index is 0.129. The molecule has 2 aromatic carbocycles. The third kappa shape index (κ3) is 5.93. The number of sulfonamides is 1. The molecule has 0 saturated carbocycles. The molecule has 2 rings (SSSR count). The molecular weight excluding hydrogens is 355 g/mol. The molecule has 0 bridgehead atoms. The van der Waals surface area contributed by atoms with E-state index in [0.29, 0.717) is 12.1 Å². The van der Waals surface area contributed by atoms with E-state index in [0.717, 1.165) is 24.8 Å². The lowest BCUT2D eigenvalue weighted by atomic mass is 10.2. The summed E-state index contributed by atoms with van der Waals surface area (Å²) in [5, 5.41) is 2.71. The fourth-order valence-corrected chi connectivity index (χ4v) is 3.41. The van der Waals surface area contributed by atoms with Crippen LogP contribution in [0.1, 0.15) is 42.1 Å². The maximum Gasteiger partial charge on any atom is 0.251 e. The third-order valence-corrected chi connectivity index (χ3v) is 5.34. The van der Waals surface area contributed by atoms with E-state index in [1.165, 1.54) is 36.4 Å². The second-order valence-electron chi connectivity index (χ2n) is 5.94. The first kappa shape index (κ1) is 20.1. The van der Waals surface area contributed by atoms with Crippen molar-refractivity contribution in [1.29, 1.82) is 0 Å². The molecule has 1 amide bonds. The lowest BCUT2D eigenvalue weighted by molar-refractivity contribution is 0.0951. The third-order valence-electron chi connectivity index (χ3n) is 3.87. The van der Waals surface area contributed by atoms with Gasteiger partial charge in [0.2, 0.25) is 10.0 Å². The second-order valence-corrected chi connectivity index (χ2v) is 7.71. The van der Waals surface area contributed by atoms with Crippen molar-refractivity contribution in [2.24, 2.45) is 0 Å². The summed E-state index contributed by atoms with van der Waals surface area (Å²) < 4.78 is 39.8. The van der Waals surface area contributed by atoms with Gasteiger partial charge in [-0.05, 0) is 48.4 Å². The van der Waals surface area contributed by atoms with Crippen LogP contribution >= 0.6 is 0 Å². The zero-order chi connectivity index (χ0) is 19.0. The predicted molar refractivity (Wildman–Crippen MR) is 98.7 cm³/mol. The van der Waals surface area contributed by atoms with Gasteiger partial charge in [-0.1, -0.05) is 31.9 Å². The maximum atomic E-state index is 12.9. The van der Waals surface area contributed by atoms with Gasteiger partial charge in [-0.15, -0.1) is 0 Å². The Balaban J connectivity index is 1.93. The molecule has 0 aromatic heterocycles. The molecule has 2 N–H and O–H groups in total. The van der Waals surface area contributed by atoms with E-state index in [4.69, 9.17) is 0 Å². The monoisotopic (exact) mass is 378 g/mol. The summed E-state index contributed by atoms with van der Waals surface area (Å²) in [5.41, 5.74) is 1.13. The molecule has 0 aliphatic heterocycles. The zero-order valence-electron chi connectivity index (χ0n) is 14.7. The van der Waals surface area contributed by atoms with Crippen molar-refractivity contribution in [3.05, 3.63) is 65.5 Å². The minimum Gasteiger partial charge on any atom is -0.348 e. The van der Waals surface area contributed by atoms with Crippen LogP contribution in [0.5, 0.6) is 0 Å². The topological polar surface area (TPSA) is 75.3 Å². The maximum absolute atomic E-state index is 12.9. The largest absolute Gasteiger partial charge is 0.348 e. The van der Waals surface area contributed by atoms with Gasteiger partial charge in [0.25, 0.3) is 5.91 Å². The van der Waals surface area contributed by atoms with Gasteiger partial charge in [0.1, 0.15) is 5.82 Å². The Hall–Kier alpha value is -2.25. The average Bonchev–Trinajstić information content (AvgIpc) is 2.65. The van der Waals surface area contributed by atoms with Gasteiger partial charge < -0.3 is 5.32 Å². The number of hydrogen-bond donors (Lipinski definition) is 2. The second kappa shape index (κ2) is 9.45. The highest BCUT2D eigenvalue weighted by Gasteiger charge is 2.14. The standard InChI is InChI=1S/C19H23FN2O3S/c1-2-3-4-13-22-26(24,25)18-11-7-16(8-12-18)19(23)21-14-15-5-9-17(20)10-6-15/h5-12,22H,2-4,13-14H2,1H3,(H,21,23). The number of benzene rings is 2. The van der Waals surface area contributed by atoms with E-state index in [2.05, 4.69) is 10.0 Å². The average molecular weight is 378 g/mol. The van der Waals surface area contributed by atoms with Crippen molar-refractivity contribution < 1.29 is 17.6 Å². The number of hydrogen-bond acceptors (Lipinski definition) is 3. The van der Waals surface area contributed by atoms with E-state index in [-0.39, 0.29) is 23.2 Å². The molecule has 7 heteroatoms. The first-order chi connectivity index (χ1) is 12.4. The summed E-state index contributed by atoms with van der Waals surface area (Å²) in [5.74, 6) is -0.658. The van der Waals surface area contributed by atoms with Crippen molar-refractivity contribution in [1.82, 2.24) is 10.0 Å². The lowest BCUT2D eigenvalue weighted by Gasteiger charge is -2.08. The van der Waals surface area contributed by atoms with Crippen LogP contribution in [0.25, 0.3) is 0 Å². The van der Waals surface area contributed by atoms with Crippen molar-refractivity contribution in [2.45, 2.75) is 37.6 Å². The van der Waals surface area contributed by atoms with E-state index in [1.54, 1.807) is 12.1 Å². The SMILES string of the molecule is CCCCCNS(=O)(=O)c1ccc(C(=O)NCc2ccc(F)cc2)cc1. The van der Waals surface area contributed by atoms with E-state index < -0.39 is 10.0 Å². The van der Waals surface area contributed by atoms with Gasteiger partial charge >= 0.3 is 0 Å². The first-order valence-corrected chi connectivity index (χ1v) is 10.0. The van der Waals surface area contributed by atoms with Crippen LogP contribution in [0.2, 0.25) is 0 Å². The van der Waals surface area contributed by atoms with E-state index >= 15 is 0 Å².